The molecule has 3 saturated carbocycles. The Morgan fingerprint density at radius 3 is 1.56 bits per heavy atom. The summed E-state index contributed by atoms with van der Waals surface area (Å²) in [7, 11) is 0. The van der Waals surface area contributed by atoms with Crippen LogP contribution < -0.4 is 0 Å². The smallest absolute Gasteiger partial charge is 0.0381 e. The summed E-state index contributed by atoms with van der Waals surface area (Å²) >= 11 is 0. The monoisotopic (exact) mass is 248 g/mol. The maximum atomic E-state index is 1.61. The Morgan fingerprint density at radius 2 is 1.06 bits per heavy atom. The molecule has 0 bridgehead atoms. The quantitative estimate of drug-likeness (QED) is 0.563. The van der Waals surface area contributed by atoms with E-state index in [0.29, 0.717) is 0 Å². The van der Waals surface area contributed by atoms with Gasteiger partial charge in [0.2, 0.25) is 0 Å². The molecule has 3 rings (SSSR count). The fourth-order valence-electron chi connectivity index (χ4n) is 4.92. The molecule has 0 aliphatic heterocycles. The van der Waals surface area contributed by atoms with Crippen LogP contribution in [-0.4, -0.2) is 0 Å². The SMILES string of the molecule is C1CCC(C(CC2CCCC2)CC2CCC2)CC1. The zero-order valence-electron chi connectivity index (χ0n) is 12.2. The molecule has 0 N–H and O–H groups in total. The Hall–Kier alpha value is 0. The highest BCUT2D eigenvalue weighted by Crippen LogP contribution is 2.43. The van der Waals surface area contributed by atoms with Gasteiger partial charge in [0.1, 0.15) is 0 Å². The lowest BCUT2D eigenvalue weighted by atomic mass is 9.69. The largest absolute Gasteiger partial charge is 0.0533 e. The second kappa shape index (κ2) is 6.44. The molecule has 104 valence electrons. The van der Waals surface area contributed by atoms with Gasteiger partial charge in [0.25, 0.3) is 0 Å². The van der Waals surface area contributed by atoms with E-state index in [4.69, 9.17) is 0 Å². The molecule has 3 fully saturated rings. The van der Waals surface area contributed by atoms with Crippen molar-refractivity contribution in [3.05, 3.63) is 0 Å². The van der Waals surface area contributed by atoms with E-state index >= 15 is 0 Å². The van der Waals surface area contributed by atoms with Gasteiger partial charge < -0.3 is 0 Å². The predicted molar refractivity (Wildman–Crippen MR) is 78.6 cm³/mol. The van der Waals surface area contributed by atoms with Gasteiger partial charge in [-0.05, 0) is 36.5 Å². The van der Waals surface area contributed by atoms with Crippen LogP contribution in [0.5, 0.6) is 0 Å². The molecule has 0 nitrogen and oxygen atoms in total. The van der Waals surface area contributed by atoms with Crippen LogP contribution in [-0.2, 0) is 0 Å². The molecule has 3 aliphatic rings. The first kappa shape index (κ1) is 13.0. The third kappa shape index (κ3) is 3.31. The van der Waals surface area contributed by atoms with E-state index in [1.807, 2.05) is 0 Å². The molecule has 0 aromatic rings. The topological polar surface area (TPSA) is 0 Å². The number of hydrogen-bond acceptors (Lipinski definition) is 0. The fraction of sp³-hybridized carbons (Fsp3) is 1.00. The average Bonchev–Trinajstić information content (AvgIpc) is 2.86. The molecule has 0 heterocycles. The van der Waals surface area contributed by atoms with Gasteiger partial charge in [0.05, 0.1) is 0 Å². The van der Waals surface area contributed by atoms with Crippen LogP contribution in [0.2, 0.25) is 0 Å². The highest BCUT2D eigenvalue weighted by atomic mass is 14.4. The first-order valence-corrected chi connectivity index (χ1v) is 8.92. The van der Waals surface area contributed by atoms with Gasteiger partial charge in [0.15, 0.2) is 0 Å². The Bertz CT molecular complexity index is 228. The lowest BCUT2D eigenvalue weighted by Crippen LogP contribution is -2.25. The van der Waals surface area contributed by atoms with Crippen molar-refractivity contribution in [1.29, 1.82) is 0 Å². The molecule has 18 heavy (non-hydrogen) atoms. The van der Waals surface area contributed by atoms with Gasteiger partial charge in [-0.25, -0.2) is 0 Å². The molecule has 1 unspecified atom stereocenters. The third-order valence-electron chi connectivity index (χ3n) is 6.29. The van der Waals surface area contributed by atoms with Crippen LogP contribution in [0.4, 0.5) is 0 Å². The molecule has 0 aromatic heterocycles. The zero-order valence-corrected chi connectivity index (χ0v) is 12.2. The first-order chi connectivity index (χ1) is 8.92. The number of hydrogen-bond donors (Lipinski definition) is 0. The Morgan fingerprint density at radius 1 is 0.556 bits per heavy atom. The van der Waals surface area contributed by atoms with Gasteiger partial charge in [-0.2, -0.15) is 0 Å². The van der Waals surface area contributed by atoms with Gasteiger partial charge >= 0.3 is 0 Å². The van der Waals surface area contributed by atoms with Crippen molar-refractivity contribution in [3.63, 3.8) is 0 Å². The number of rotatable bonds is 5. The Labute approximate surface area is 114 Å². The molecule has 0 heteroatoms. The molecule has 0 aromatic carbocycles. The summed E-state index contributed by atoms with van der Waals surface area (Å²) in [5.41, 5.74) is 0. The standard InChI is InChI=1S/C18H32/c1-2-11-17(12-3-1)18(14-16-9-6-10-16)13-15-7-4-5-8-15/h15-18H,1-14H2. The van der Waals surface area contributed by atoms with Crippen LogP contribution in [0, 0.1) is 23.7 Å². The van der Waals surface area contributed by atoms with E-state index in [2.05, 4.69) is 0 Å². The molecular formula is C18H32. The van der Waals surface area contributed by atoms with Gasteiger partial charge in [-0.15, -0.1) is 0 Å². The van der Waals surface area contributed by atoms with E-state index in [-0.39, 0.29) is 0 Å². The molecule has 1 atom stereocenters. The van der Waals surface area contributed by atoms with Crippen molar-refractivity contribution in [3.8, 4) is 0 Å². The second-order valence-electron chi connectivity index (χ2n) is 7.58. The van der Waals surface area contributed by atoms with Crippen LogP contribution in [0.3, 0.4) is 0 Å². The van der Waals surface area contributed by atoms with Crippen molar-refractivity contribution in [1.82, 2.24) is 0 Å². The lowest BCUT2D eigenvalue weighted by molar-refractivity contribution is 0.147. The summed E-state index contributed by atoms with van der Waals surface area (Å²) in [5, 5.41) is 0. The predicted octanol–water partition coefficient (Wildman–Crippen LogP) is 5.95. The minimum atomic E-state index is 1.12. The molecule has 3 aliphatic carbocycles. The summed E-state index contributed by atoms with van der Waals surface area (Å²) in [6.07, 6.45) is 21.8. The molecular weight excluding hydrogens is 216 g/mol. The highest BCUT2D eigenvalue weighted by Gasteiger charge is 2.31. The molecule has 0 amide bonds. The van der Waals surface area contributed by atoms with Crippen molar-refractivity contribution in [2.24, 2.45) is 23.7 Å². The van der Waals surface area contributed by atoms with E-state index in [0.717, 1.165) is 23.7 Å². The van der Waals surface area contributed by atoms with Crippen LogP contribution >= 0.6 is 0 Å². The minimum Gasteiger partial charge on any atom is -0.0533 e. The minimum absolute atomic E-state index is 1.12. The van der Waals surface area contributed by atoms with E-state index < -0.39 is 0 Å². The van der Waals surface area contributed by atoms with Crippen LogP contribution in [0.1, 0.15) is 89.9 Å². The molecule has 0 saturated heterocycles. The summed E-state index contributed by atoms with van der Waals surface area (Å²) < 4.78 is 0. The molecule has 0 radical (unpaired) electrons. The summed E-state index contributed by atoms with van der Waals surface area (Å²) in [6.45, 7) is 0. The average molecular weight is 248 g/mol. The maximum Gasteiger partial charge on any atom is -0.0381 e. The van der Waals surface area contributed by atoms with E-state index in [1.54, 1.807) is 51.4 Å². The third-order valence-corrected chi connectivity index (χ3v) is 6.29. The Kier molecular flexibility index (Phi) is 4.65. The normalized spacial score (nSPS) is 29.3. The summed E-state index contributed by atoms with van der Waals surface area (Å²) in [6, 6.07) is 0. The van der Waals surface area contributed by atoms with E-state index in [1.165, 1.54) is 38.5 Å². The van der Waals surface area contributed by atoms with Crippen molar-refractivity contribution in [2.75, 3.05) is 0 Å². The van der Waals surface area contributed by atoms with Gasteiger partial charge in [-0.1, -0.05) is 77.0 Å². The first-order valence-electron chi connectivity index (χ1n) is 8.92. The summed E-state index contributed by atoms with van der Waals surface area (Å²) in [5.74, 6) is 4.51. The summed E-state index contributed by atoms with van der Waals surface area (Å²) in [4.78, 5) is 0. The zero-order chi connectivity index (χ0) is 12.2. The fourth-order valence-corrected chi connectivity index (χ4v) is 4.92. The second-order valence-corrected chi connectivity index (χ2v) is 7.58. The van der Waals surface area contributed by atoms with Gasteiger partial charge in [0, 0.05) is 0 Å². The van der Waals surface area contributed by atoms with Crippen LogP contribution in [0.15, 0.2) is 0 Å². The molecule has 0 spiro atoms. The maximum absolute atomic E-state index is 1.61. The van der Waals surface area contributed by atoms with Crippen molar-refractivity contribution < 1.29 is 0 Å². The Balaban J connectivity index is 1.54. The van der Waals surface area contributed by atoms with Crippen LogP contribution in [0.25, 0.3) is 0 Å². The van der Waals surface area contributed by atoms with Crippen molar-refractivity contribution in [2.45, 2.75) is 89.9 Å². The lowest BCUT2D eigenvalue weighted by Gasteiger charge is -2.37. The highest BCUT2D eigenvalue weighted by molar-refractivity contribution is 4.82. The van der Waals surface area contributed by atoms with Crippen molar-refractivity contribution >= 4 is 0 Å². The van der Waals surface area contributed by atoms with Gasteiger partial charge in [-0.3, -0.25) is 0 Å². The van der Waals surface area contributed by atoms with E-state index in [9.17, 15) is 0 Å².